The lowest BCUT2D eigenvalue weighted by Crippen LogP contribution is -2.26. The second kappa shape index (κ2) is 4.17. The molecule has 0 aromatic carbocycles. The fraction of sp³-hybridized carbons (Fsp3) is 0.308. The summed E-state index contributed by atoms with van der Waals surface area (Å²) in [6.45, 7) is 0. The number of carbonyl (C=O) groups is 1. The Morgan fingerprint density at radius 2 is 2.00 bits per heavy atom. The van der Waals surface area contributed by atoms with Crippen LogP contribution in [0.4, 0.5) is 0 Å². The van der Waals surface area contributed by atoms with Crippen molar-refractivity contribution in [3.63, 3.8) is 0 Å². The molecule has 2 rings (SSSR count). The molecular formula is C13H10O2. The topological polar surface area (TPSA) is 37.3 Å². The minimum Gasteiger partial charge on any atom is -0.376 e. The molecule has 0 saturated carbocycles. The number of hydrogen-bond donors (Lipinski definition) is 1. The summed E-state index contributed by atoms with van der Waals surface area (Å²) < 4.78 is 0. The summed E-state index contributed by atoms with van der Waals surface area (Å²) >= 11 is 0. The summed E-state index contributed by atoms with van der Waals surface area (Å²) in [5.41, 5.74) is 0.406. The Balaban J connectivity index is 2.44. The third kappa shape index (κ3) is 2.01. The molecule has 0 radical (unpaired) electrons. The minimum atomic E-state index is -0.968. The zero-order chi connectivity index (χ0) is 10.7. The first-order valence-electron chi connectivity index (χ1n) is 4.88. The van der Waals surface area contributed by atoms with Gasteiger partial charge in [0, 0.05) is 5.57 Å². The number of aliphatic hydroxyl groups excluding tert-OH is 1. The van der Waals surface area contributed by atoms with Crippen molar-refractivity contribution in [3.05, 3.63) is 23.8 Å². The molecule has 0 saturated heterocycles. The van der Waals surface area contributed by atoms with E-state index in [2.05, 4.69) is 23.7 Å². The number of allylic oxidation sites excluding steroid dienone is 3. The first kappa shape index (κ1) is 9.77. The van der Waals surface area contributed by atoms with Crippen molar-refractivity contribution in [2.24, 2.45) is 5.92 Å². The zero-order valence-corrected chi connectivity index (χ0v) is 8.16. The van der Waals surface area contributed by atoms with E-state index >= 15 is 0 Å². The van der Waals surface area contributed by atoms with Crippen LogP contribution in [0.1, 0.15) is 12.8 Å². The molecule has 0 spiro atoms. The summed E-state index contributed by atoms with van der Waals surface area (Å²) in [5.74, 6) is 10.6. The van der Waals surface area contributed by atoms with Crippen LogP contribution in [0, 0.1) is 29.6 Å². The molecule has 15 heavy (non-hydrogen) atoms. The Bertz CT molecular complexity index is 460. The first-order chi connectivity index (χ1) is 7.29. The number of ketones is 1. The van der Waals surface area contributed by atoms with E-state index in [9.17, 15) is 9.90 Å². The first-order valence-corrected chi connectivity index (χ1v) is 4.88. The van der Waals surface area contributed by atoms with E-state index in [1.54, 1.807) is 18.2 Å². The molecule has 0 fully saturated rings. The van der Waals surface area contributed by atoms with Gasteiger partial charge < -0.3 is 5.11 Å². The van der Waals surface area contributed by atoms with Gasteiger partial charge in [-0.2, -0.15) is 0 Å². The van der Waals surface area contributed by atoms with Gasteiger partial charge in [0.15, 0.2) is 5.78 Å². The van der Waals surface area contributed by atoms with E-state index in [-0.39, 0.29) is 11.7 Å². The Kier molecular flexibility index (Phi) is 2.72. The van der Waals surface area contributed by atoms with Gasteiger partial charge in [0.1, 0.15) is 6.10 Å². The number of aliphatic hydroxyl groups is 1. The van der Waals surface area contributed by atoms with E-state index in [0.29, 0.717) is 5.57 Å². The van der Waals surface area contributed by atoms with E-state index in [0.717, 1.165) is 12.8 Å². The van der Waals surface area contributed by atoms with Gasteiger partial charge in [-0.15, -0.1) is 0 Å². The molecular weight excluding hydrogens is 188 g/mol. The average Bonchev–Trinajstić information content (AvgIpc) is 2.23. The fourth-order valence-corrected chi connectivity index (χ4v) is 1.66. The predicted octanol–water partition coefficient (Wildman–Crippen LogP) is 0.829. The molecule has 0 amide bonds. The van der Waals surface area contributed by atoms with Crippen LogP contribution in [0.2, 0.25) is 0 Å². The van der Waals surface area contributed by atoms with Gasteiger partial charge >= 0.3 is 0 Å². The smallest absolute Gasteiger partial charge is 0.177 e. The summed E-state index contributed by atoms with van der Waals surface area (Å²) in [6, 6.07) is 0. The molecule has 2 atom stereocenters. The summed E-state index contributed by atoms with van der Waals surface area (Å²) in [6.07, 6.45) is 5.51. The molecule has 0 aliphatic heterocycles. The monoisotopic (exact) mass is 198 g/mol. The second-order valence-corrected chi connectivity index (χ2v) is 3.47. The molecule has 2 bridgehead atoms. The van der Waals surface area contributed by atoms with Gasteiger partial charge in [0.25, 0.3) is 0 Å². The van der Waals surface area contributed by atoms with Crippen LogP contribution < -0.4 is 0 Å². The lowest BCUT2D eigenvalue weighted by Gasteiger charge is -2.18. The minimum absolute atomic E-state index is 0.0779. The number of carbonyl (C=O) groups excluding carboxylic acids is 1. The van der Waals surface area contributed by atoms with E-state index in [1.807, 2.05) is 0 Å². The van der Waals surface area contributed by atoms with Crippen LogP contribution in [0.15, 0.2) is 23.8 Å². The Hall–Kier alpha value is -1.77. The number of hydrogen-bond acceptors (Lipinski definition) is 2. The molecule has 2 aliphatic rings. The lowest BCUT2D eigenvalue weighted by molar-refractivity contribution is -0.118. The highest BCUT2D eigenvalue weighted by Crippen LogP contribution is 2.22. The van der Waals surface area contributed by atoms with Crippen molar-refractivity contribution in [3.8, 4) is 23.7 Å². The maximum absolute atomic E-state index is 11.8. The number of fused-ring (bicyclic) bond motifs is 2. The highest BCUT2D eigenvalue weighted by Gasteiger charge is 2.27. The number of rotatable bonds is 0. The third-order valence-corrected chi connectivity index (χ3v) is 2.44. The average molecular weight is 198 g/mol. The van der Waals surface area contributed by atoms with Gasteiger partial charge in [0.05, 0.1) is 5.92 Å². The van der Waals surface area contributed by atoms with Crippen molar-refractivity contribution < 1.29 is 9.90 Å². The standard InChI is InChI=1S/C13H10O2/c14-12-9-4-2-1-3-6-10-7-5-8-11(12)13(10)15/h1-2,8,10,12,14H,5,7H2/b2-1-. The zero-order valence-electron chi connectivity index (χ0n) is 8.16. The van der Waals surface area contributed by atoms with Gasteiger partial charge in [-0.25, -0.2) is 0 Å². The van der Waals surface area contributed by atoms with E-state index in [1.165, 1.54) is 0 Å². The van der Waals surface area contributed by atoms with Crippen LogP contribution in [0.5, 0.6) is 0 Å². The molecule has 2 nitrogen and oxygen atoms in total. The van der Waals surface area contributed by atoms with Crippen LogP contribution in [-0.4, -0.2) is 17.0 Å². The van der Waals surface area contributed by atoms with Gasteiger partial charge in [-0.1, -0.05) is 29.8 Å². The molecule has 0 aromatic rings. The van der Waals surface area contributed by atoms with Crippen molar-refractivity contribution >= 4 is 5.78 Å². The van der Waals surface area contributed by atoms with Crippen LogP contribution in [0.3, 0.4) is 0 Å². The molecule has 2 heteroatoms. The van der Waals surface area contributed by atoms with Crippen LogP contribution in [-0.2, 0) is 4.79 Å². The SMILES string of the molecule is O=C1C2=CCCC1C#C/C=C\C#CC2O. The Morgan fingerprint density at radius 1 is 1.27 bits per heavy atom. The summed E-state index contributed by atoms with van der Waals surface area (Å²) in [5, 5.41) is 9.67. The maximum atomic E-state index is 11.8. The normalized spacial score (nSPS) is 30.2. The van der Waals surface area contributed by atoms with E-state index in [4.69, 9.17) is 0 Å². The molecule has 74 valence electrons. The van der Waals surface area contributed by atoms with E-state index < -0.39 is 6.10 Å². The second-order valence-electron chi connectivity index (χ2n) is 3.47. The highest BCUT2D eigenvalue weighted by molar-refractivity contribution is 6.01. The molecule has 0 heterocycles. The fourth-order valence-electron chi connectivity index (χ4n) is 1.66. The van der Waals surface area contributed by atoms with Gasteiger partial charge in [-0.05, 0) is 25.0 Å². The maximum Gasteiger partial charge on any atom is 0.177 e. The molecule has 2 unspecified atom stereocenters. The molecule has 0 aromatic heterocycles. The Labute approximate surface area is 88.7 Å². The van der Waals surface area contributed by atoms with Crippen LogP contribution in [0.25, 0.3) is 0 Å². The van der Waals surface area contributed by atoms with Crippen molar-refractivity contribution in [2.45, 2.75) is 18.9 Å². The van der Waals surface area contributed by atoms with Gasteiger partial charge in [0.2, 0.25) is 0 Å². The summed E-state index contributed by atoms with van der Waals surface area (Å²) in [4.78, 5) is 11.8. The van der Waals surface area contributed by atoms with Crippen molar-refractivity contribution in [1.82, 2.24) is 0 Å². The molecule has 2 aliphatic carbocycles. The largest absolute Gasteiger partial charge is 0.376 e. The van der Waals surface area contributed by atoms with Crippen molar-refractivity contribution in [1.29, 1.82) is 0 Å². The van der Waals surface area contributed by atoms with Crippen molar-refractivity contribution in [2.75, 3.05) is 0 Å². The quantitative estimate of drug-likeness (QED) is 0.585. The highest BCUT2D eigenvalue weighted by atomic mass is 16.3. The third-order valence-electron chi connectivity index (χ3n) is 2.44. The summed E-state index contributed by atoms with van der Waals surface area (Å²) in [7, 11) is 0. The number of Topliss-reactive ketones (excluding diaryl/α,β-unsaturated/α-hetero) is 1. The molecule has 1 N–H and O–H groups in total. The van der Waals surface area contributed by atoms with Crippen LogP contribution >= 0.6 is 0 Å². The Morgan fingerprint density at radius 3 is 2.80 bits per heavy atom. The lowest BCUT2D eigenvalue weighted by atomic mass is 9.85. The predicted molar refractivity (Wildman–Crippen MR) is 56.5 cm³/mol. The van der Waals surface area contributed by atoms with Gasteiger partial charge in [-0.3, -0.25) is 4.79 Å².